The Morgan fingerprint density at radius 2 is 2.03 bits per heavy atom. The van der Waals surface area contributed by atoms with Crippen molar-refractivity contribution < 1.29 is 19.1 Å². The van der Waals surface area contributed by atoms with Crippen LogP contribution in [-0.4, -0.2) is 51.4 Å². The zero-order valence-corrected chi connectivity index (χ0v) is 16.5. The van der Waals surface area contributed by atoms with Crippen molar-refractivity contribution in [3.05, 3.63) is 65.7 Å². The first-order valence-corrected chi connectivity index (χ1v) is 9.90. The Kier molecular flexibility index (Phi) is 6.93. The summed E-state index contributed by atoms with van der Waals surface area (Å²) in [5, 5.41) is 9.49. The van der Waals surface area contributed by atoms with Crippen molar-refractivity contribution >= 4 is 11.8 Å². The lowest BCUT2D eigenvalue weighted by molar-refractivity contribution is -0.148. The van der Waals surface area contributed by atoms with Crippen LogP contribution in [0.4, 0.5) is 4.39 Å². The Balaban J connectivity index is 1.94. The number of pyridine rings is 1. The van der Waals surface area contributed by atoms with Crippen LogP contribution in [0, 0.1) is 11.7 Å². The number of rotatable bonds is 7. The van der Waals surface area contributed by atoms with E-state index in [-0.39, 0.29) is 37.9 Å². The van der Waals surface area contributed by atoms with Gasteiger partial charge >= 0.3 is 0 Å². The summed E-state index contributed by atoms with van der Waals surface area (Å²) in [5.74, 6) is -1.30. The van der Waals surface area contributed by atoms with Crippen LogP contribution in [0.2, 0.25) is 0 Å². The topological polar surface area (TPSA) is 73.7 Å². The molecule has 1 aliphatic heterocycles. The summed E-state index contributed by atoms with van der Waals surface area (Å²) >= 11 is 0. The summed E-state index contributed by atoms with van der Waals surface area (Å²) in [6.45, 7) is 2.43. The quantitative estimate of drug-likeness (QED) is 0.777. The first kappa shape index (κ1) is 20.9. The second kappa shape index (κ2) is 9.60. The minimum absolute atomic E-state index is 0.0803. The van der Waals surface area contributed by atoms with Crippen molar-refractivity contribution in [3.8, 4) is 0 Å². The van der Waals surface area contributed by atoms with Gasteiger partial charge in [-0.3, -0.25) is 14.6 Å². The largest absolute Gasteiger partial charge is 0.395 e. The number of likely N-dealkylation sites (tertiary alicyclic amines) is 1. The lowest BCUT2D eigenvalue weighted by Gasteiger charge is -2.42. The molecule has 0 saturated carbocycles. The Labute approximate surface area is 170 Å². The van der Waals surface area contributed by atoms with Crippen LogP contribution in [0.1, 0.15) is 37.1 Å². The van der Waals surface area contributed by atoms with Crippen molar-refractivity contribution in [3.63, 3.8) is 0 Å². The van der Waals surface area contributed by atoms with Gasteiger partial charge in [-0.15, -0.1) is 0 Å². The smallest absolute Gasteiger partial charge is 0.228 e. The minimum Gasteiger partial charge on any atom is -0.395 e. The van der Waals surface area contributed by atoms with Gasteiger partial charge in [0, 0.05) is 31.3 Å². The van der Waals surface area contributed by atoms with Crippen LogP contribution in [0.3, 0.4) is 0 Å². The number of aliphatic hydroxyl groups excluding tert-OH is 1. The number of carbonyl (C=O) groups is 2. The monoisotopic (exact) mass is 399 g/mol. The number of benzene rings is 1. The minimum atomic E-state index is -0.667. The highest BCUT2D eigenvalue weighted by Gasteiger charge is 2.42. The molecule has 154 valence electrons. The second-order valence-electron chi connectivity index (χ2n) is 7.10. The maximum Gasteiger partial charge on any atom is 0.228 e. The summed E-state index contributed by atoms with van der Waals surface area (Å²) in [6.07, 6.45) is 2.24. The molecule has 1 N–H and O–H groups in total. The van der Waals surface area contributed by atoms with Gasteiger partial charge in [0.05, 0.1) is 30.8 Å². The first-order valence-electron chi connectivity index (χ1n) is 9.90. The van der Waals surface area contributed by atoms with E-state index in [0.29, 0.717) is 24.2 Å². The van der Waals surface area contributed by atoms with Gasteiger partial charge in [-0.1, -0.05) is 24.3 Å². The molecule has 1 aliphatic rings. The lowest BCUT2D eigenvalue weighted by Crippen LogP contribution is -2.49. The number of nitrogens with zero attached hydrogens (tertiary/aromatic N) is 3. The predicted molar refractivity (Wildman–Crippen MR) is 106 cm³/mol. The Morgan fingerprint density at radius 1 is 1.28 bits per heavy atom. The Bertz CT molecular complexity index is 846. The van der Waals surface area contributed by atoms with Crippen LogP contribution < -0.4 is 0 Å². The van der Waals surface area contributed by atoms with E-state index in [4.69, 9.17) is 0 Å². The molecule has 7 heteroatoms. The highest BCUT2D eigenvalue weighted by atomic mass is 19.1. The highest BCUT2D eigenvalue weighted by Crippen LogP contribution is 2.38. The fraction of sp³-hybridized carbons (Fsp3) is 0.409. The molecule has 0 radical (unpaired) electrons. The highest BCUT2D eigenvalue weighted by molar-refractivity contribution is 5.85. The van der Waals surface area contributed by atoms with E-state index < -0.39 is 17.8 Å². The molecule has 0 spiro atoms. The van der Waals surface area contributed by atoms with Crippen LogP contribution in [0.15, 0.2) is 48.7 Å². The Morgan fingerprint density at radius 3 is 2.69 bits per heavy atom. The van der Waals surface area contributed by atoms with E-state index in [1.807, 2.05) is 19.1 Å². The lowest BCUT2D eigenvalue weighted by atomic mass is 9.83. The van der Waals surface area contributed by atoms with Gasteiger partial charge in [-0.25, -0.2) is 4.39 Å². The number of aliphatic hydroxyl groups is 1. The van der Waals surface area contributed by atoms with Gasteiger partial charge in [-0.05, 0) is 31.5 Å². The number of hydrogen-bond donors (Lipinski definition) is 1. The van der Waals surface area contributed by atoms with Crippen LogP contribution in [-0.2, 0) is 16.1 Å². The standard InChI is InChI=1S/C22H26FN3O3/c1-2-26-20(28)11-10-18(21(26)17-8-3-4-9-19(17)23)22(29)25(13-14-27)15-16-7-5-6-12-24-16/h3-9,12,18,21,27H,2,10-11,13-15H2,1H3/t18-,21+/m1/s1. The fourth-order valence-electron chi connectivity index (χ4n) is 3.99. The van der Waals surface area contributed by atoms with Crippen molar-refractivity contribution in [1.29, 1.82) is 0 Å². The average Bonchev–Trinajstić information content (AvgIpc) is 2.74. The van der Waals surface area contributed by atoms with Crippen molar-refractivity contribution in [1.82, 2.24) is 14.8 Å². The number of halogens is 1. The number of hydrogen-bond acceptors (Lipinski definition) is 4. The number of aromatic nitrogens is 1. The van der Waals surface area contributed by atoms with E-state index in [1.54, 1.807) is 40.3 Å². The third-order valence-electron chi connectivity index (χ3n) is 5.35. The molecule has 0 unspecified atom stereocenters. The third-order valence-corrected chi connectivity index (χ3v) is 5.35. The van der Waals surface area contributed by atoms with Crippen molar-refractivity contribution in [2.24, 2.45) is 5.92 Å². The number of amides is 2. The molecule has 1 aromatic carbocycles. The molecule has 3 rings (SSSR count). The van der Waals surface area contributed by atoms with Crippen LogP contribution in [0.5, 0.6) is 0 Å². The zero-order chi connectivity index (χ0) is 20.8. The van der Waals surface area contributed by atoms with E-state index in [1.165, 1.54) is 6.07 Å². The van der Waals surface area contributed by atoms with Crippen molar-refractivity contribution in [2.75, 3.05) is 19.7 Å². The van der Waals surface area contributed by atoms with Gasteiger partial charge < -0.3 is 14.9 Å². The summed E-state index contributed by atoms with van der Waals surface area (Å²) < 4.78 is 14.6. The SMILES string of the molecule is CCN1C(=O)CC[C@@H](C(=O)N(CCO)Cc2ccccn2)[C@@H]1c1ccccc1F. The number of carbonyl (C=O) groups excluding carboxylic acids is 2. The second-order valence-corrected chi connectivity index (χ2v) is 7.10. The first-order chi connectivity index (χ1) is 14.1. The molecule has 2 aromatic rings. The molecule has 1 fully saturated rings. The molecule has 1 saturated heterocycles. The van der Waals surface area contributed by atoms with Gasteiger partial charge in [0.1, 0.15) is 5.82 Å². The molecule has 2 amide bonds. The third kappa shape index (κ3) is 4.62. The van der Waals surface area contributed by atoms with Crippen LogP contribution in [0.25, 0.3) is 0 Å². The maximum atomic E-state index is 14.6. The van der Waals surface area contributed by atoms with Gasteiger partial charge in [0.2, 0.25) is 11.8 Å². The predicted octanol–water partition coefficient (Wildman–Crippen LogP) is 2.54. The summed E-state index contributed by atoms with van der Waals surface area (Å²) in [7, 11) is 0. The summed E-state index contributed by atoms with van der Waals surface area (Å²) in [4.78, 5) is 33.4. The summed E-state index contributed by atoms with van der Waals surface area (Å²) in [5.41, 5.74) is 1.05. The molecular weight excluding hydrogens is 373 g/mol. The zero-order valence-electron chi connectivity index (χ0n) is 16.5. The molecule has 29 heavy (non-hydrogen) atoms. The van der Waals surface area contributed by atoms with E-state index in [0.717, 1.165) is 0 Å². The van der Waals surface area contributed by atoms with Gasteiger partial charge in [0.25, 0.3) is 0 Å². The summed E-state index contributed by atoms with van der Waals surface area (Å²) in [6, 6.07) is 11.1. The Hall–Kier alpha value is -2.80. The molecule has 2 atom stereocenters. The van der Waals surface area contributed by atoms with Crippen molar-refractivity contribution in [2.45, 2.75) is 32.4 Å². The van der Waals surface area contributed by atoms with E-state index in [9.17, 15) is 19.1 Å². The molecule has 0 aliphatic carbocycles. The molecular formula is C22H26FN3O3. The molecule has 0 bridgehead atoms. The molecule has 6 nitrogen and oxygen atoms in total. The van der Waals surface area contributed by atoms with Gasteiger partial charge in [-0.2, -0.15) is 0 Å². The van der Waals surface area contributed by atoms with Crippen LogP contribution >= 0.6 is 0 Å². The molecule has 2 heterocycles. The average molecular weight is 399 g/mol. The fourth-order valence-corrected chi connectivity index (χ4v) is 3.99. The van der Waals surface area contributed by atoms with E-state index in [2.05, 4.69) is 4.98 Å². The van der Waals surface area contributed by atoms with Gasteiger partial charge in [0.15, 0.2) is 0 Å². The normalized spacial score (nSPS) is 19.3. The van der Waals surface area contributed by atoms with E-state index >= 15 is 0 Å². The molecule has 1 aromatic heterocycles. The maximum absolute atomic E-state index is 14.6. The number of piperidine rings is 1.